The van der Waals surface area contributed by atoms with E-state index in [1.165, 1.54) is 52.0 Å². The molecule has 0 fully saturated rings. The Bertz CT molecular complexity index is 5190. The lowest BCUT2D eigenvalue weighted by molar-refractivity contribution is -0.147. The number of rotatable bonds is 28. The van der Waals surface area contributed by atoms with Gasteiger partial charge < -0.3 is 86.2 Å². The van der Waals surface area contributed by atoms with Crippen LogP contribution in [0.4, 0.5) is 0 Å². The number of hydrogen-bond donors (Lipinski definition) is 6. The molecule has 0 aliphatic rings. The van der Waals surface area contributed by atoms with E-state index in [0.717, 1.165) is 38.1 Å². The number of nitrogens with zero attached hydrogens (tertiary/aromatic N) is 6. The third-order valence-corrected chi connectivity index (χ3v) is 19.0. The first-order valence-electron chi connectivity index (χ1n) is 34.9. The molecule has 6 N–H and O–H groups in total. The van der Waals surface area contributed by atoms with Gasteiger partial charge in [-0.15, -0.1) is 0 Å². The van der Waals surface area contributed by atoms with Crippen LogP contribution in [0.2, 0.25) is 5.02 Å². The molecule has 0 saturated heterocycles. The van der Waals surface area contributed by atoms with Crippen LogP contribution in [0.25, 0.3) is 67.7 Å². The van der Waals surface area contributed by atoms with Gasteiger partial charge in [-0.2, -0.15) is 67.5 Å². The fourth-order valence-corrected chi connectivity index (χ4v) is 12.4. The van der Waals surface area contributed by atoms with Crippen molar-refractivity contribution < 1.29 is 115 Å². The minimum atomic E-state index is -1.08. The molecule has 6 aromatic heterocycles. The number of ether oxygens (including phenoxy) is 6. The van der Waals surface area contributed by atoms with Crippen LogP contribution in [-0.2, 0) is 28.8 Å². The first kappa shape index (κ1) is 109. The van der Waals surface area contributed by atoms with Crippen molar-refractivity contribution in [3.63, 3.8) is 0 Å². The maximum absolute atomic E-state index is 11.2. The van der Waals surface area contributed by atoms with Gasteiger partial charge >= 0.3 is 35.8 Å². The van der Waals surface area contributed by atoms with E-state index in [-0.39, 0.29) is 85.1 Å². The fraction of sp³-hybridized carbons (Fsp3) is 0.250. The number of hydrogen-bond acceptors (Lipinski definition) is 24. The summed E-state index contributed by atoms with van der Waals surface area (Å²) in [4.78, 5) is 66.0. The quantitative estimate of drug-likeness (QED) is 0.0265. The third kappa shape index (κ3) is 32.7. The lowest BCUT2D eigenvalue weighted by Crippen LogP contribution is -2.32. The van der Waals surface area contributed by atoms with Crippen LogP contribution in [0, 0.1) is 12.8 Å². The highest BCUT2D eigenvalue weighted by molar-refractivity contribution is 9.11. The lowest BCUT2D eigenvalue weighted by Gasteiger charge is -2.20. The largest absolute Gasteiger partial charge is 0.479 e. The average Bonchev–Trinajstić information content (AvgIpc) is 1.54. The Morgan fingerprint density at radius 3 is 1.12 bits per heavy atom. The Morgan fingerprint density at radius 2 is 0.770 bits per heavy atom. The van der Waals surface area contributed by atoms with Crippen molar-refractivity contribution in [2.24, 2.45) is 5.92 Å². The predicted octanol–water partition coefficient (Wildman–Crippen LogP) is 21.8. The van der Waals surface area contributed by atoms with Gasteiger partial charge in [0.25, 0.3) is 0 Å². The highest BCUT2D eigenvalue weighted by Gasteiger charge is 2.28. The summed E-state index contributed by atoms with van der Waals surface area (Å²) in [6.45, 7) is 17.4. The van der Waals surface area contributed by atoms with Crippen LogP contribution >= 0.6 is 175 Å². The molecule has 0 saturated carbocycles. The van der Waals surface area contributed by atoms with E-state index < -0.39 is 72.4 Å². The van der Waals surface area contributed by atoms with Gasteiger partial charge in [0.05, 0.1) is 28.0 Å². The summed E-state index contributed by atoms with van der Waals surface area (Å²) in [5.41, 5.74) is 7.95. The SMILES string of the molecule is CC(C)[C@H](Oc1ccc(Br)cc1-c1ccon1)C(=O)O.CC(C)c1cc(-c2cc(Br)ccc2O[C@@H](C)C(=O)O)on1.CC[C@H](Oc1ccc(Br)cc1-c1ccno1)C(=O)O.CC[C@H](Oc1ccc(Br)cc1-c1ccon1)C(=O)O.C[C@H](Oc1c(Cl)cc(Br)cc1-c1ccon1)C(=O)O.Cc1conc1-c1cc(Br)ccc1O[C@@H](C)C(=O)O.S.S.S.S.S. The van der Waals surface area contributed by atoms with Gasteiger partial charge in [0.15, 0.2) is 48.1 Å². The van der Waals surface area contributed by atoms with E-state index in [2.05, 4.69) is 127 Å². The Balaban J connectivity index is 0.000000492. The van der Waals surface area contributed by atoms with Gasteiger partial charge in [-0.25, -0.2) is 28.8 Å². The molecule has 12 rings (SSSR count). The molecule has 6 heterocycles. The molecule has 12 aromatic rings. The smallest absolute Gasteiger partial charge is 0.345 e. The normalized spacial score (nSPS) is 11.7. The standard InChI is InChI=1S/C15H16BrNO4.C14H14BrNO4.3C13H12BrNO4.C12H9BrClNO4.5H2S/c1-8(2)12-7-14(21-17-12)11-6-10(16)4-5-13(11)20-9(3)15(18)19;1-8(2)13(14(17)18)20-12-4-3-9(15)7-10(12)11-5-6-19-16-11;1-7-6-18-15-12(7)10-5-9(14)3-4-11(10)19-8(2)13(16)17;1-2-11(13(16)17)19-12-4-3-8(14)7-9(12)10-5-6-18-15-10;1-2-10(13(16)17)18-11-4-3-8(14)7-9(11)12-5-6-15-19-12;1-6(12(16)17)19-11-8(10-2-3-18-15-10)4-7(13)5-9(11)14;;;;;/h4-9H,1-3H3,(H,18,19);3-8,13H,1-2H3,(H,17,18);3-6,8H,1-2H3,(H,16,17);3-7,11H,2H2,1H3,(H,16,17);3-7,10H,2H2,1H3,(H,16,17);2-6H,1H3,(H,16,17);5*1H2/t9-;13-;8-;11-;10-;6-;;;;;/m000000...../s1. The summed E-state index contributed by atoms with van der Waals surface area (Å²) in [7, 11) is 0. The van der Waals surface area contributed by atoms with Crippen LogP contribution in [0.3, 0.4) is 0 Å². The molecule has 30 nitrogen and oxygen atoms in total. The van der Waals surface area contributed by atoms with Crippen molar-refractivity contribution in [3.8, 4) is 102 Å². The fourth-order valence-electron chi connectivity index (χ4n) is 9.75. The second kappa shape index (κ2) is 53.3. The molecule has 0 radical (unpaired) electrons. The van der Waals surface area contributed by atoms with Crippen molar-refractivity contribution >= 4 is 210 Å². The first-order valence-corrected chi connectivity index (χ1v) is 40.1. The Hall–Kier alpha value is -8.88. The molecule has 0 amide bonds. The molecular formula is C80H85Br6ClN6O24S5. The monoisotopic (exact) mass is 2180 g/mol. The summed E-state index contributed by atoms with van der Waals surface area (Å²) in [6.07, 6.45) is 2.53. The summed E-state index contributed by atoms with van der Waals surface area (Å²) in [6, 6.07) is 38.4. The van der Waals surface area contributed by atoms with Gasteiger partial charge in [0, 0.05) is 90.9 Å². The van der Waals surface area contributed by atoms with Crippen molar-refractivity contribution in [1.29, 1.82) is 0 Å². The minimum Gasteiger partial charge on any atom is -0.479 e. The van der Waals surface area contributed by atoms with E-state index in [4.69, 9.17) is 92.7 Å². The molecule has 0 bridgehead atoms. The van der Waals surface area contributed by atoms with Gasteiger partial charge in [-0.3, -0.25) is 0 Å². The van der Waals surface area contributed by atoms with Crippen LogP contribution in [0.5, 0.6) is 34.5 Å². The highest BCUT2D eigenvalue weighted by atomic mass is 79.9. The second-order valence-electron chi connectivity index (χ2n) is 25.2. The summed E-state index contributed by atoms with van der Waals surface area (Å²) in [5.74, 6) is -2.39. The van der Waals surface area contributed by atoms with Gasteiger partial charge in [0.2, 0.25) is 0 Å². The molecule has 42 heteroatoms. The van der Waals surface area contributed by atoms with Crippen LogP contribution < -0.4 is 28.4 Å². The molecule has 0 unspecified atom stereocenters. The zero-order valence-corrected chi connectivity index (χ0v) is 81.3. The molecule has 0 aliphatic carbocycles. The number of aryl methyl sites for hydroxylation is 1. The molecule has 122 heavy (non-hydrogen) atoms. The van der Waals surface area contributed by atoms with Crippen molar-refractivity contribution in [1.82, 2.24) is 30.9 Å². The maximum Gasteiger partial charge on any atom is 0.345 e. The zero-order chi connectivity index (χ0) is 85.9. The van der Waals surface area contributed by atoms with Gasteiger partial charge in [0.1, 0.15) is 82.3 Å². The number of aliphatic carboxylic acids is 6. The topological polar surface area (TPSA) is 435 Å². The molecule has 0 aliphatic heterocycles. The maximum atomic E-state index is 11.2. The highest BCUT2D eigenvalue weighted by Crippen LogP contribution is 2.42. The predicted molar refractivity (Wildman–Crippen MR) is 498 cm³/mol. The van der Waals surface area contributed by atoms with E-state index in [0.29, 0.717) is 114 Å². The number of carboxylic acids is 6. The summed E-state index contributed by atoms with van der Waals surface area (Å²) < 4.78 is 67.7. The Morgan fingerprint density at radius 1 is 0.393 bits per heavy atom. The third-order valence-electron chi connectivity index (χ3n) is 15.8. The van der Waals surface area contributed by atoms with Crippen molar-refractivity contribution in [2.45, 2.75) is 125 Å². The van der Waals surface area contributed by atoms with E-state index in [1.54, 1.807) is 131 Å². The first-order chi connectivity index (χ1) is 55.6. The molecule has 6 atom stereocenters. The number of aromatic nitrogens is 6. The zero-order valence-electron chi connectivity index (χ0n) is 66.0. The van der Waals surface area contributed by atoms with Crippen molar-refractivity contribution in [3.05, 3.63) is 208 Å². The summed E-state index contributed by atoms with van der Waals surface area (Å²) in [5, 5.41) is 77.4. The van der Waals surface area contributed by atoms with Crippen molar-refractivity contribution in [2.75, 3.05) is 0 Å². The lowest BCUT2D eigenvalue weighted by atomic mass is 10.1. The molecule has 658 valence electrons. The molecule has 6 aromatic carbocycles. The Labute approximate surface area is 789 Å². The number of benzene rings is 6. The van der Waals surface area contributed by atoms with E-state index >= 15 is 0 Å². The van der Waals surface area contributed by atoms with Crippen LogP contribution in [0.15, 0.2) is 219 Å². The number of halogens is 7. The van der Waals surface area contributed by atoms with Crippen LogP contribution in [0.1, 0.15) is 92.3 Å². The minimum absolute atomic E-state index is 0. The van der Waals surface area contributed by atoms with E-state index in [9.17, 15) is 33.9 Å². The molecule has 0 spiro atoms. The van der Waals surface area contributed by atoms with Gasteiger partial charge in [-0.1, -0.05) is 180 Å². The van der Waals surface area contributed by atoms with Crippen LogP contribution in [-0.4, -0.2) is 134 Å². The van der Waals surface area contributed by atoms with Gasteiger partial charge in [-0.05, 0) is 150 Å². The summed E-state index contributed by atoms with van der Waals surface area (Å²) >= 11 is 26.3. The Kier molecular flexibility index (Phi) is 47.7. The van der Waals surface area contributed by atoms with E-state index in [1.807, 2.05) is 51.1 Å². The second-order valence-corrected chi connectivity index (χ2v) is 31.1. The number of carbonyl (C=O) groups is 6. The number of carboxylic acid groups (broad SMARTS) is 6. The molecular weight excluding hydrogens is 2100 g/mol. The average molecular weight is 2190 g/mol.